The quantitative estimate of drug-likeness (QED) is 0.655. The van der Waals surface area contributed by atoms with Gasteiger partial charge in [-0.1, -0.05) is 30.3 Å². The highest BCUT2D eigenvalue weighted by molar-refractivity contribution is 5.85. The lowest BCUT2D eigenvalue weighted by Gasteiger charge is -2.36. The molecule has 0 atom stereocenters. The van der Waals surface area contributed by atoms with Crippen LogP contribution in [0.1, 0.15) is 17.5 Å². The van der Waals surface area contributed by atoms with Gasteiger partial charge < -0.3 is 9.64 Å². The van der Waals surface area contributed by atoms with Crippen LogP contribution < -0.4 is 9.64 Å². The lowest BCUT2D eigenvalue weighted by atomic mass is 10.1. The fraction of sp³-hybridized carbons (Fsp3) is 0.429. The third-order valence-corrected chi connectivity index (χ3v) is 4.92. The smallest absolute Gasteiger partial charge is 0.122 e. The molecule has 3 rings (SSSR count). The SMILES string of the molecule is Cc1cccc(OCCCN2CCN(c3ccccc3)CC2)c1C.Cl.Cl. The number of para-hydroxylation sites is 1. The Balaban J connectivity index is 0.00000169. The van der Waals surface area contributed by atoms with E-state index in [0.717, 1.165) is 51.5 Å². The first kappa shape index (κ1) is 22.6. The fourth-order valence-electron chi connectivity index (χ4n) is 3.22. The molecule has 1 saturated heterocycles. The Morgan fingerprint density at radius 3 is 2.23 bits per heavy atom. The molecule has 3 nitrogen and oxygen atoms in total. The lowest BCUT2D eigenvalue weighted by molar-refractivity contribution is 0.224. The lowest BCUT2D eigenvalue weighted by Crippen LogP contribution is -2.46. The van der Waals surface area contributed by atoms with Gasteiger partial charge in [0.15, 0.2) is 0 Å². The van der Waals surface area contributed by atoms with E-state index in [9.17, 15) is 0 Å². The minimum Gasteiger partial charge on any atom is -0.493 e. The minimum atomic E-state index is 0. The standard InChI is InChI=1S/C21H28N2O.2ClH/c1-18-8-6-11-21(19(18)2)24-17-7-12-22-13-15-23(16-14-22)20-9-4-3-5-10-20;;/h3-6,8-11H,7,12-17H2,1-2H3;2*1H. The molecular formula is C21H30Cl2N2O. The Bertz CT molecular complexity index is 644. The van der Waals surface area contributed by atoms with Crippen LogP contribution in [-0.4, -0.2) is 44.2 Å². The summed E-state index contributed by atoms with van der Waals surface area (Å²) in [5.41, 5.74) is 3.90. The molecule has 144 valence electrons. The molecule has 0 unspecified atom stereocenters. The average molecular weight is 397 g/mol. The fourth-order valence-corrected chi connectivity index (χ4v) is 3.22. The molecular weight excluding hydrogens is 367 g/mol. The molecule has 0 aromatic heterocycles. The maximum Gasteiger partial charge on any atom is 0.122 e. The van der Waals surface area contributed by atoms with Gasteiger partial charge in [-0.15, -0.1) is 24.8 Å². The number of anilines is 1. The first-order valence-corrected chi connectivity index (χ1v) is 8.95. The molecule has 0 radical (unpaired) electrons. The summed E-state index contributed by atoms with van der Waals surface area (Å²) in [7, 11) is 0. The number of hydrogen-bond donors (Lipinski definition) is 0. The molecule has 2 aromatic carbocycles. The molecule has 0 spiro atoms. The maximum absolute atomic E-state index is 5.96. The zero-order valence-corrected chi connectivity index (χ0v) is 17.3. The summed E-state index contributed by atoms with van der Waals surface area (Å²) in [6, 6.07) is 17.0. The second-order valence-corrected chi connectivity index (χ2v) is 6.56. The van der Waals surface area contributed by atoms with Gasteiger partial charge >= 0.3 is 0 Å². The molecule has 1 heterocycles. The monoisotopic (exact) mass is 396 g/mol. The minimum absolute atomic E-state index is 0. The van der Waals surface area contributed by atoms with Gasteiger partial charge in [-0.05, 0) is 49.6 Å². The van der Waals surface area contributed by atoms with Crippen molar-refractivity contribution < 1.29 is 4.74 Å². The van der Waals surface area contributed by atoms with Gasteiger partial charge in [0.05, 0.1) is 6.61 Å². The first-order chi connectivity index (χ1) is 11.7. The molecule has 1 aliphatic rings. The molecule has 0 N–H and O–H groups in total. The van der Waals surface area contributed by atoms with Crippen LogP contribution >= 0.6 is 24.8 Å². The van der Waals surface area contributed by atoms with Crippen LogP contribution in [0.4, 0.5) is 5.69 Å². The second-order valence-electron chi connectivity index (χ2n) is 6.56. The molecule has 26 heavy (non-hydrogen) atoms. The van der Waals surface area contributed by atoms with E-state index in [1.807, 2.05) is 0 Å². The highest BCUT2D eigenvalue weighted by Crippen LogP contribution is 2.20. The zero-order chi connectivity index (χ0) is 16.8. The Morgan fingerprint density at radius 1 is 0.846 bits per heavy atom. The Kier molecular flexibility index (Phi) is 9.85. The van der Waals surface area contributed by atoms with Crippen molar-refractivity contribution in [3.8, 4) is 5.75 Å². The van der Waals surface area contributed by atoms with Crippen molar-refractivity contribution in [1.82, 2.24) is 4.90 Å². The van der Waals surface area contributed by atoms with Gasteiger partial charge in [0.1, 0.15) is 5.75 Å². The molecule has 0 aliphatic carbocycles. The number of benzene rings is 2. The summed E-state index contributed by atoms with van der Waals surface area (Å²) in [5, 5.41) is 0. The van der Waals surface area contributed by atoms with Gasteiger partial charge in [0.2, 0.25) is 0 Å². The van der Waals surface area contributed by atoms with Crippen LogP contribution in [0.3, 0.4) is 0 Å². The topological polar surface area (TPSA) is 15.7 Å². The van der Waals surface area contributed by atoms with Gasteiger partial charge in [0.25, 0.3) is 0 Å². The van der Waals surface area contributed by atoms with Crippen molar-refractivity contribution in [1.29, 1.82) is 0 Å². The van der Waals surface area contributed by atoms with Crippen LogP contribution in [-0.2, 0) is 0 Å². The van der Waals surface area contributed by atoms with Gasteiger partial charge in [0, 0.05) is 38.4 Å². The van der Waals surface area contributed by atoms with Crippen molar-refractivity contribution in [3.63, 3.8) is 0 Å². The summed E-state index contributed by atoms with van der Waals surface area (Å²) in [6.07, 6.45) is 1.08. The summed E-state index contributed by atoms with van der Waals surface area (Å²) in [4.78, 5) is 5.02. The molecule has 0 saturated carbocycles. The highest BCUT2D eigenvalue weighted by atomic mass is 35.5. The van der Waals surface area contributed by atoms with E-state index >= 15 is 0 Å². The number of nitrogens with zero attached hydrogens (tertiary/aromatic N) is 2. The summed E-state index contributed by atoms with van der Waals surface area (Å²) in [6.45, 7) is 10.7. The molecule has 0 bridgehead atoms. The Labute approximate surface area is 170 Å². The van der Waals surface area contributed by atoms with E-state index in [1.165, 1.54) is 16.8 Å². The number of hydrogen-bond acceptors (Lipinski definition) is 3. The maximum atomic E-state index is 5.96. The van der Waals surface area contributed by atoms with Crippen LogP contribution in [0.5, 0.6) is 5.75 Å². The van der Waals surface area contributed by atoms with E-state index in [2.05, 4.69) is 72.2 Å². The van der Waals surface area contributed by atoms with Gasteiger partial charge in [-0.2, -0.15) is 0 Å². The first-order valence-electron chi connectivity index (χ1n) is 8.95. The van der Waals surface area contributed by atoms with Crippen molar-refractivity contribution in [2.45, 2.75) is 20.3 Å². The summed E-state index contributed by atoms with van der Waals surface area (Å²) >= 11 is 0. The van der Waals surface area contributed by atoms with E-state index < -0.39 is 0 Å². The van der Waals surface area contributed by atoms with Gasteiger partial charge in [-0.3, -0.25) is 4.90 Å². The van der Waals surface area contributed by atoms with E-state index in [0.29, 0.717) is 0 Å². The van der Waals surface area contributed by atoms with Crippen molar-refractivity contribution in [2.24, 2.45) is 0 Å². The number of ether oxygens (including phenoxy) is 1. The molecule has 1 fully saturated rings. The van der Waals surface area contributed by atoms with Crippen LogP contribution in [0.15, 0.2) is 48.5 Å². The Morgan fingerprint density at radius 2 is 1.54 bits per heavy atom. The zero-order valence-electron chi connectivity index (χ0n) is 15.7. The predicted octanol–water partition coefficient (Wildman–Crippen LogP) is 4.74. The average Bonchev–Trinajstić information content (AvgIpc) is 2.63. The number of aryl methyl sites for hydroxylation is 1. The van der Waals surface area contributed by atoms with Crippen LogP contribution in [0.2, 0.25) is 0 Å². The Hall–Kier alpha value is -1.42. The summed E-state index contributed by atoms with van der Waals surface area (Å²) < 4.78 is 5.96. The molecule has 1 aliphatic heterocycles. The largest absolute Gasteiger partial charge is 0.493 e. The van der Waals surface area contributed by atoms with Crippen LogP contribution in [0.25, 0.3) is 0 Å². The van der Waals surface area contributed by atoms with Gasteiger partial charge in [-0.25, -0.2) is 0 Å². The summed E-state index contributed by atoms with van der Waals surface area (Å²) in [5.74, 6) is 1.03. The normalized spacial score (nSPS) is 14.3. The molecule has 5 heteroatoms. The third-order valence-electron chi connectivity index (χ3n) is 4.92. The number of rotatable bonds is 6. The van der Waals surface area contributed by atoms with Crippen molar-refractivity contribution >= 4 is 30.5 Å². The number of halogens is 2. The second kappa shape index (κ2) is 11.3. The van der Waals surface area contributed by atoms with E-state index in [4.69, 9.17) is 4.74 Å². The van der Waals surface area contributed by atoms with E-state index in [1.54, 1.807) is 0 Å². The van der Waals surface area contributed by atoms with Crippen molar-refractivity contribution in [2.75, 3.05) is 44.2 Å². The van der Waals surface area contributed by atoms with Crippen molar-refractivity contribution in [3.05, 3.63) is 59.7 Å². The van der Waals surface area contributed by atoms with Crippen LogP contribution in [0, 0.1) is 13.8 Å². The molecule has 2 aromatic rings. The highest BCUT2D eigenvalue weighted by Gasteiger charge is 2.16. The van der Waals surface area contributed by atoms with E-state index in [-0.39, 0.29) is 24.8 Å². The third kappa shape index (κ3) is 6.08. The predicted molar refractivity (Wildman–Crippen MR) is 116 cm³/mol. The molecule has 0 amide bonds. The number of piperazine rings is 1.